The molecule has 4 nitrogen and oxygen atoms in total. The fourth-order valence-electron chi connectivity index (χ4n) is 3.63. The van der Waals surface area contributed by atoms with E-state index >= 15 is 0 Å². The summed E-state index contributed by atoms with van der Waals surface area (Å²) >= 11 is 0. The largest absolute Gasteiger partial charge is 0.383 e. The number of methoxy groups -OCH3 is 1. The van der Waals surface area contributed by atoms with Crippen LogP contribution in [0.25, 0.3) is 0 Å². The van der Waals surface area contributed by atoms with E-state index in [4.69, 9.17) is 4.74 Å². The van der Waals surface area contributed by atoms with Gasteiger partial charge in [0.25, 0.3) is 0 Å². The Hall–Kier alpha value is -2.16. The summed E-state index contributed by atoms with van der Waals surface area (Å²) in [4.78, 5) is 0.253. The van der Waals surface area contributed by atoms with Crippen LogP contribution in [0.1, 0.15) is 24.0 Å². The normalized spacial score (nSPS) is 25.3. The molecular formula is C20H21NO3S. The molecule has 0 heterocycles. The third-order valence-electron chi connectivity index (χ3n) is 5.00. The highest BCUT2D eigenvalue weighted by Gasteiger charge is 2.72. The SMILES string of the molecule is CCc1ccc([C@H]2[C@H](S(=O)(=O)c3ccccc3)[C@@]2(C#N)COC)cc1. The van der Waals surface area contributed by atoms with Crippen LogP contribution in [-0.4, -0.2) is 27.4 Å². The number of nitriles is 1. The summed E-state index contributed by atoms with van der Waals surface area (Å²) in [5.74, 6) is -0.381. The topological polar surface area (TPSA) is 67.2 Å². The van der Waals surface area contributed by atoms with Crippen LogP contribution in [0.15, 0.2) is 59.5 Å². The van der Waals surface area contributed by atoms with Gasteiger partial charge in [0, 0.05) is 13.0 Å². The van der Waals surface area contributed by atoms with Crippen LogP contribution in [0.5, 0.6) is 0 Å². The third-order valence-corrected chi connectivity index (χ3v) is 7.29. The molecule has 1 aliphatic rings. The predicted molar refractivity (Wildman–Crippen MR) is 95.9 cm³/mol. The summed E-state index contributed by atoms with van der Waals surface area (Å²) in [7, 11) is -2.12. The van der Waals surface area contributed by atoms with Gasteiger partial charge in [0.15, 0.2) is 9.84 Å². The zero-order valence-electron chi connectivity index (χ0n) is 14.3. The van der Waals surface area contributed by atoms with E-state index in [9.17, 15) is 13.7 Å². The van der Waals surface area contributed by atoms with Gasteiger partial charge in [-0.05, 0) is 29.7 Å². The fraction of sp³-hybridized carbons (Fsp3) is 0.350. The van der Waals surface area contributed by atoms with Crippen molar-refractivity contribution in [2.24, 2.45) is 5.41 Å². The molecule has 5 heteroatoms. The maximum Gasteiger partial charge on any atom is 0.183 e. The van der Waals surface area contributed by atoms with Gasteiger partial charge in [-0.2, -0.15) is 5.26 Å². The molecule has 0 aliphatic heterocycles. The Morgan fingerprint density at radius 3 is 2.28 bits per heavy atom. The Morgan fingerprint density at radius 2 is 1.76 bits per heavy atom. The van der Waals surface area contributed by atoms with E-state index in [2.05, 4.69) is 13.0 Å². The van der Waals surface area contributed by atoms with Gasteiger partial charge in [-0.25, -0.2) is 8.42 Å². The van der Waals surface area contributed by atoms with Crippen LogP contribution in [0.3, 0.4) is 0 Å². The standard InChI is InChI=1S/C20H21NO3S/c1-3-15-9-11-16(12-10-15)18-19(20(18,13-21)14-24-2)25(22,23)17-7-5-4-6-8-17/h4-12,18-19H,3,14H2,1-2H3/t18-,19-,20-/m0/s1. The predicted octanol–water partition coefficient (Wildman–Crippen LogP) is 3.35. The van der Waals surface area contributed by atoms with Gasteiger partial charge < -0.3 is 4.74 Å². The van der Waals surface area contributed by atoms with E-state index in [0.717, 1.165) is 12.0 Å². The number of hydrogen-bond donors (Lipinski definition) is 0. The average Bonchev–Trinajstić information content (AvgIpc) is 3.32. The Labute approximate surface area is 149 Å². The lowest BCUT2D eigenvalue weighted by atomic mass is 10.00. The fourth-order valence-corrected chi connectivity index (χ4v) is 5.96. The van der Waals surface area contributed by atoms with Crippen molar-refractivity contribution >= 4 is 9.84 Å². The molecule has 3 atom stereocenters. The highest BCUT2D eigenvalue weighted by Crippen LogP contribution is 2.63. The van der Waals surface area contributed by atoms with Gasteiger partial charge in [-0.15, -0.1) is 0 Å². The van der Waals surface area contributed by atoms with Crippen molar-refractivity contribution in [3.63, 3.8) is 0 Å². The van der Waals surface area contributed by atoms with Crippen molar-refractivity contribution in [1.82, 2.24) is 0 Å². The summed E-state index contributed by atoms with van der Waals surface area (Å²) < 4.78 is 31.5. The smallest absolute Gasteiger partial charge is 0.183 e. The Kier molecular flexibility index (Phi) is 4.68. The summed E-state index contributed by atoms with van der Waals surface area (Å²) in [6.07, 6.45) is 0.915. The first kappa shape index (κ1) is 17.7. The molecule has 0 saturated heterocycles. The third kappa shape index (κ3) is 2.86. The molecular weight excluding hydrogens is 334 g/mol. The highest BCUT2D eigenvalue weighted by atomic mass is 32.2. The zero-order valence-corrected chi connectivity index (χ0v) is 15.2. The minimum Gasteiger partial charge on any atom is -0.383 e. The number of aryl methyl sites for hydroxylation is 1. The van der Waals surface area contributed by atoms with Crippen molar-refractivity contribution in [2.75, 3.05) is 13.7 Å². The molecule has 1 saturated carbocycles. The van der Waals surface area contributed by atoms with Gasteiger partial charge in [-0.1, -0.05) is 49.4 Å². The van der Waals surface area contributed by atoms with Gasteiger partial charge in [0.1, 0.15) is 5.41 Å². The minimum absolute atomic E-state index is 0.0976. The lowest BCUT2D eigenvalue weighted by molar-refractivity contribution is 0.162. The van der Waals surface area contributed by atoms with E-state index in [1.165, 1.54) is 12.7 Å². The molecule has 0 radical (unpaired) electrons. The average molecular weight is 355 g/mol. The minimum atomic E-state index is -3.62. The molecule has 0 aromatic heterocycles. The summed E-state index contributed by atoms with van der Waals surface area (Å²) in [6.45, 7) is 2.17. The van der Waals surface area contributed by atoms with Gasteiger partial charge in [-0.3, -0.25) is 0 Å². The van der Waals surface area contributed by atoms with Crippen LogP contribution >= 0.6 is 0 Å². The lowest BCUT2D eigenvalue weighted by Gasteiger charge is -2.08. The van der Waals surface area contributed by atoms with Crippen LogP contribution < -0.4 is 0 Å². The van der Waals surface area contributed by atoms with Gasteiger partial charge in [0.2, 0.25) is 0 Å². The Balaban J connectivity index is 2.05. The number of sulfone groups is 1. The molecule has 0 bridgehead atoms. The quantitative estimate of drug-likeness (QED) is 0.797. The van der Waals surface area contributed by atoms with Crippen molar-refractivity contribution in [3.05, 3.63) is 65.7 Å². The van der Waals surface area contributed by atoms with Crippen LogP contribution in [0.4, 0.5) is 0 Å². The van der Waals surface area contributed by atoms with Crippen molar-refractivity contribution in [1.29, 1.82) is 5.26 Å². The first-order valence-electron chi connectivity index (χ1n) is 8.29. The van der Waals surface area contributed by atoms with E-state index in [1.807, 2.05) is 24.3 Å². The zero-order chi connectivity index (χ0) is 18.1. The summed E-state index contributed by atoms with van der Waals surface area (Å²) in [6, 6.07) is 18.5. The molecule has 130 valence electrons. The van der Waals surface area contributed by atoms with Crippen LogP contribution in [-0.2, 0) is 21.0 Å². The molecule has 0 unspecified atom stereocenters. The van der Waals surface area contributed by atoms with Crippen LogP contribution in [0, 0.1) is 16.7 Å². The van der Waals surface area contributed by atoms with Crippen molar-refractivity contribution in [2.45, 2.75) is 29.4 Å². The molecule has 0 N–H and O–H groups in total. The van der Waals surface area contributed by atoms with E-state index in [1.54, 1.807) is 30.3 Å². The Morgan fingerprint density at radius 1 is 1.12 bits per heavy atom. The molecule has 2 aromatic rings. The molecule has 0 spiro atoms. The number of rotatable bonds is 6. The van der Waals surface area contributed by atoms with Gasteiger partial charge in [0.05, 0.1) is 22.8 Å². The number of nitrogens with zero attached hydrogens (tertiary/aromatic N) is 1. The van der Waals surface area contributed by atoms with E-state index in [-0.39, 0.29) is 17.4 Å². The maximum atomic E-state index is 13.1. The number of ether oxygens (including phenoxy) is 1. The molecule has 2 aromatic carbocycles. The number of benzene rings is 2. The summed E-state index contributed by atoms with van der Waals surface area (Å²) in [5.41, 5.74) is 1.01. The lowest BCUT2D eigenvalue weighted by Crippen LogP contribution is -2.19. The van der Waals surface area contributed by atoms with Gasteiger partial charge >= 0.3 is 0 Å². The molecule has 1 aliphatic carbocycles. The highest BCUT2D eigenvalue weighted by molar-refractivity contribution is 7.92. The number of hydrogen-bond acceptors (Lipinski definition) is 4. The Bertz CT molecular complexity index is 885. The first-order chi connectivity index (χ1) is 12.0. The molecule has 1 fully saturated rings. The van der Waals surface area contributed by atoms with Crippen LogP contribution in [0.2, 0.25) is 0 Å². The monoisotopic (exact) mass is 355 g/mol. The summed E-state index contributed by atoms with van der Waals surface area (Å²) in [5, 5.41) is 9.01. The van der Waals surface area contributed by atoms with Crippen molar-refractivity contribution in [3.8, 4) is 6.07 Å². The van der Waals surface area contributed by atoms with E-state index < -0.39 is 20.5 Å². The maximum absolute atomic E-state index is 13.1. The van der Waals surface area contributed by atoms with E-state index in [0.29, 0.717) is 0 Å². The molecule has 3 rings (SSSR count). The second-order valence-electron chi connectivity index (χ2n) is 6.44. The second kappa shape index (κ2) is 6.62. The molecule has 0 amide bonds. The second-order valence-corrected chi connectivity index (χ2v) is 8.51. The van der Waals surface area contributed by atoms with Crippen molar-refractivity contribution < 1.29 is 13.2 Å². The first-order valence-corrected chi connectivity index (χ1v) is 9.84. The molecule has 25 heavy (non-hydrogen) atoms.